The van der Waals surface area contributed by atoms with E-state index in [1.807, 2.05) is 36.4 Å². The van der Waals surface area contributed by atoms with Crippen molar-refractivity contribution in [2.24, 2.45) is 0 Å². The lowest BCUT2D eigenvalue weighted by Crippen LogP contribution is -2.31. The zero-order chi connectivity index (χ0) is 16.1. The van der Waals surface area contributed by atoms with Gasteiger partial charge in [-0.1, -0.05) is 30.3 Å². The number of carbonyl (C=O) groups excluding carboxylic acids is 1. The van der Waals surface area contributed by atoms with Crippen LogP contribution >= 0.6 is 0 Å². The van der Waals surface area contributed by atoms with Gasteiger partial charge in [0, 0.05) is 19.3 Å². The molecule has 1 aliphatic heterocycles. The van der Waals surface area contributed by atoms with Crippen LogP contribution in [0.4, 0.5) is 5.82 Å². The van der Waals surface area contributed by atoms with Crippen LogP contribution in [0, 0.1) is 0 Å². The van der Waals surface area contributed by atoms with Crippen molar-refractivity contribution in [2.75, 3.05) is 24.6 Å². The molecule has 1 fully saturated rings. The summed E-state index contributed by atoms with van der Waals surface area (Å²) in [4.78, 5) is 19.0. The molecule has 3 rings (SSSR count). The van der Waals surface area contributed by atoms with Gasteiger partial charge in [-0.3, -0.25) is 4.79 Å². The quantitative estimate of drug-likeness (QED) is 0.888. The van der Waals surface area contributed by atoms with Crippen molar-refractivity contribution in [3.63, 3.8) is 0 Å². The minimum atomic E-state index is -0.415. The van der Waals surface area contributed by atoms with E-state index in [-0.39, 0.29) is 12.5 Å². The van der Waals surface area contributed by atoms with Crippen molar-refractivity contribution in [1.82, 2.24) is 10.3 Å². The Balaban J connectivity index is 1.67. The molecule has 1 amide bonds. The summed E-state index contributed by atoms with van der Waals surface area (Å²) in [6.07, 6.45) is 3.99. The van der Waals surface area contributed by atoms with Crippen LogP contribution in [0.5, 0.6) is 0 Å². The third kappa shape index (κ3) is 3.68. The second-order valence-electron chi connectivity index (χ2n) is 5.72. The number of nitrogens with zero attached hydrogens (tertiary/aromatic N) is 2. The van der Waals surface area contributed by atoms with Crippen LogP contribution in [0.1, 0.15) is 34.8 Å². The van der Waals surface area contributed by atoms with E-state index in [2.05, 4.69) is 15.2 Å². The number of rotatable bonds is 5. The fourth-order valence-corrected chi connectivity index (χ4v) is 2.81. The molecule has 23 heavy (non-hydrogen) atoms. The molecule has 1 aromatic heterocycles. The molecule has 0 saturated carbocycles. The first-order valence-electron chi connectivity index (χ1n) is 7.95. The van der Waals surface area contributed by atoms with Gasteiger partial charge in [-0.15, -0.1) is 0 Å². The SMILES string of the molecule is O=C(NC(CO)c1ccccc1)c1ccc(N2CCCC2)nc1. The normalized spacial score (nSPS) is 15.4. The van der Waals surface area contributed by atoms with Crippen molar-refractivity contribution in [1.29, 1.82) is 0 Å². The Morgan fingerprint density at radius 1 is 1.17 bits per heavy atom. The molecule has 1 unspecified atom stereocenters. The lowest BCUT2D eigenvalue weighted by atomic mass is 10.1. The number of hydrogen-bond acceptors (Lipinski definition) is 4. The van der Waals surface area contributed by atoms with Crippen molar-refractivity contribution < 1.29 is 9.90 Å². The molecule has 5 nitrogen and oxygen atoms in total. The molecule has 1 atom stereocenters. The predicted molar refractivity (Wildman–Crippen MR) is 89.4 cm³/mol. The minimum absolute atomic E-state index is 0.144. The van der Waals surface area contributed by atoms with Gasteiger partial charge in [0.15, 0.2) is 0 Å². The number of hydrogen-bond donors (Lipinski definition) is 2. The molecule has 0 bridgehead atoms. The number of nitrogens with one attached hydrogen (secondary N) is 1. The number of aliphatic hydroxyl groups is 1. The lowest BCUT2D eigenvalue weighted by molar-refractivity contribution is 0.0916. The summed E-state index contributed by atoms with van der Waals surface area (Å²) < 4.78 is 0. The van der Waals surface area contributed by atoms with E-state index < -0.39 is 6.04 Å². The number of pyridine rings is 1. The van der Waals surface area contributed by atoms with Crippen molar-refractivity contribution in [3.8, 4) is 0 Å². The van der Waals surface area contributed by atoms with E-state index in [0.29, 0.717) is 5.56 Å². The van der Waals surface area contributed by atoms with Crippen LogP contribution in [-0.4, -0.2) is 35.7 Å². The molecular weight excluding hydrogens is 290 g/mol. The van der Waals surface area contributed by atoms with Crippen LogP contribution in [-0.2, 0) is 0 Å². The Morgan fingerprint density at radius 3 is 2.52 bits per heavy atom. The highest BCUT2D eigenvalue weighted by Crippen LogP contribution is 2.18. The average Bonchev–Trinajstić information content (AvgIpc) is 3.15. The maximum Gasteiger partial charge on any atom is 0.253 e. The summed E-state index contributed by atoms with van der Waals surface area (Å²) in [5.74, 6) is 0.689. The molecule has 2 N–H and O–H groups in total. The number of anilines is 1. The molecule has 1 saturated heterocycles. The van der Waals surface area contributed by atoms with Gasteiger partial charge in [0.1, 0.15) is 5.82 Å². The van der Waals surface area contributed by atoms with Gasteiger partial charge in [-0.25, -0.2) is 4.98 Å². The number of aromatic nitrogens is 1. The van der Waals surface area contributed by atoms with E-state index in [9.17, 15) is 9.90 Å². The van der Waals surface area contributed by atoms with Crippen LogP contribution < -0.4 is 10.2 Å². The first-order chi connectivity index (χ1) is 11.3. The topological polar surface area (TPSA) is 65.5 Å². The Kier molecular flexibility index (Phi) is 4.88. The van der Waals surface area contributed by atoms with Crippen LogP contribution in [0.15, 0.2) is 48.7 Å². The van der Waals surface area contributed by atoms with Gasteiger partial charge in [0.25, 0.3) is 5.91 Å². The minimum Gasteiger partial charge on any atom is -0.394 e. The summed E-state index contributed by atoms with van der Waals surface area (Å²) in [5.41, 5.74) is 1.38. The van der Waals surface area contributed by atoms with E-state index in [0.717, 1.165) is 24.5 Å². The highest BCUT2D eigenvalue weighted by atomic mass is 16.3. The summed E-state index contributed by atoms with van der Waals surface area (Å²) in [6, 6.07) is 12.7. The van der Waals surface area contributed by atoms with Crippen molar-refractivity contribution in [3.05, 3.63) is 59.8 Å². The van der Waals surface area contributed by atoms with Gasteiger partial charge in [0.05, 0.1) is 18.2 Å². The fourth-order valence-electron chi connectivity index (χ4n) is 2.81. The number of aliphatic hydroxyl groups excluding tert-OH is 1. The second kappa shape index (κ2) is 7.24. The number of carbonyl (C=O) groups is 1. The third-order valence-corrected chi connectivity index (χ3v) is 4.13. The number of benzene rings is 1. The summed E-state index contributed by atoms with van der Waals surface area (Å²) in [5, 5.41) is 12.4. The van der Waals surface area contributed by atoms with Crippen molar-refractivity contribution in [2.45, 2.75) is 18.9 Å². The molecule has 2 heterocycles. The molecule has 0 spiro atoms. The molecule has 120 valence electrons. The van der Waals surface area contributed by atoms with E-state index in [1.165, 1.54) is 12.8 Å². The van der Waals surface area contributed by atoms with Gasteiger partial charge in [-0.2, -0.15) is 0 Å². The summed E-state index contributed by atoms with van der Waals surface area (Å²) in [7, 11) is 0. The molecular formula is C18H21N3O2. The summed E-state index contributed by atoms with van der Waals surface area (Å²) >= 11 is 0. The van der Waals surface area contributed by atoms with Gasteiger partial charge in [0.2, 0.25) is 0 Å². The van der Waals surface area contributed by atoms with E-state index in [1.54, 1.807) is 12.3 Å². The monoisotopic (exact) mass is 311 g/mol. The Morgan fingerprint density at radius 2 is 1.91 bits per heavy atom. The summed E-state index contributed by atoms with van der Waals surface area (Å²) in [6.45, 7) is 1.91. The molecule has 0 radical (unpaired) electrons. The Hall–Kier alpha value is -2.40. The largest absolute Gasteiger partial charge is 0.394 e. The molecule has 1 aliphatic rings. The lowest BCUT2D eigenvalue weighted by Gasteiger charge is -2.18. The first kappa shape index (κ1) is 15.5. The first-order valence-corrected chi connectivity index (χ1v) is 7.95. The standard InChI is InChI=1S/C18H21N3O2/c22-13-16(14-6-2-1-3-7-14)20-18(23)15-8-9-17(19-12-15)21-10-4-5-11-21/h1-3,6-9,12,16,22H,4-5,10-11,13H2,(H,20,23). The zero-order valence-corrected chi connectivity index (χ0v) is 13.0. The van der Waals surface area contributed by atoms with Crippen LogP contribution in [0.3, 0.4) is 0 Å². The van der Waals surface area contributed by atoms with Crippen LogP contribution in [0.25, 0.3) is 0 Å². The van der Waals surface area contributed by atoms with Gasteiger partial charge < -0.3 is 15.3 Å². The molecule has 5 heteroatoms. The maximum atomic E-state index is 12.3. The average molecular weight is 311 g/mol. The van der Waals surface area contributed by atoms with Crippen molar-refractivity contribution >= 4 is 11.7 Å². The second-order valence-corrected chi connectivity index (χ2v) is 5.72. The highest BCUT2D eigenvalue weighted by molar-refractivity contribution is 5.94. The smallest absolute Gasteiger partial charge is 0.253 e. The van der Waals surface area contributed by atoms with Gasteiger partial charge in [-0.05, 0) is 30.5 Å². The zero-order valence-electron chi connectivity index (χ0n) is 13.0. The Labute approximate surface area is 136 Å². The van der Waals surface area contributed by atoms with E-state index >= 15 is 0 Å². The fraction of sp³-hybridized carbons (Fsp3) is 0.333. The maximum absolute atomic E-state index is 12.3. The third-order valence-electron chi connectivity index (χ3n) is 4.13. The predicted octanol–water partition coefficient (Wildman–Crippen LogP) is 2.15. The molecule has 0 aliphatic carbocycles. The highest BCUT2D eigenvalue weighted by Gasteiger charge is 2.17. The number of amides is 1. The molecule has 2 aromatic rings. The van der Waals surface area contributed by atoms with E-state index in [4.69, 9.17) is 0 Å². The molecule has 1 aromatic carbocycles. The van der Waals surface area contributed by atoms with Gasteiger partial charge >= 0.3 is 0 Å². The Bertz CT molecular complexity index is 637. The van der Waals surface area contributed by atoms with Crippen LogP contribution in [0.2, 0.25) is 0 Å².